The van der Waals surface area contributed by atoms with E-state index in [9.17, 15) is 5.26 Å². The molecule has 0 aliphatic heterocycles. The van der Waals surface area contributed by atoms with Crippen LogP contribution in [-0.4, -0.2) is 0 Å². The molecule has 2 nitrogen and oxygen atoms in total. The molecule has 0 spiro atoms. The molecule has 0 saturated carbocycles. The maximum atomic E-state index is 9.35. The Morgan fingerprint density at radius 1 is 0.950 bits per heavy atom. The minimum Gasteiger partial charge on any atom is -0.198 e. The molecule has 0 aliphatic carbocycles. The van der Waals surface area contributed by atoms with Gasteiger partial charge < -0.3 is 0 Å². The van der Waals surface area contributed by atoms with Gasteiger partial charge >= 0.3 is 0 Å². The van der Waals surface area contributed by atoms with Crippen LogP contribution in [0.15, 0.2) is 42.5 Å². The summed E-state index contributed by atoms with van der Waals surface area (Å²) in [6.45, 7) is 0. The number of rotatable bonds is 3. The van der Waals surface area contributed by atoms with Crippen LogP contribution in [0.5, 0.6) is 0 Å². The molecule has 4 heteroatoms. The van der Waals surface area contributed by atoms with Gasteiger partial charge in [0.25, 0.3) is 0 Å². The molecule has 0 N–H and O–H groups in total. The molecule has 98 valence electrons. The molecule has 0 aliphatic rings. The van der Waals surface area contributed by atoms with Gasteiger partial charge in [-0.25, -0.2) is 0 Å². The molecule has 1 atom stereocenters. The highest BCUT2D eigenvalue weighted by atomic mass is 35.5. The third-order valence-electron chi connectivity index (χ3n) is 3.07. The Labute approximate surface area is 127 Å². The van der Waals surface area contributed by atoms with E-state index in [1.165, 1.54) is 0 Å². The fraction of sp³-hybridized carbons (Fsp3) is 0.125. The summed E-state index contributed by atoms with van der Waals surface area (Å²) in [5.41, 5.74) is 2.19. The lowest BCUT2D eigenvalue weighted by molar-refractivity contribution is 0.849. The predicted octanol–water partition coefficient (Wildman–Crippen LogP) is 4.71. The molecule has 0 bridgehead atoms. The molecule has 2 rings (SSSR count). The predicted molar refractivity (Wildman–Crippen MR) is 79.7 cm³/mol. The molecule has 0 saturated heterocycles. The largest absolute Gasteiger partial charge is 0.198 e. The van der Waals surface area contributed by atoms with E-state index in [0.717, 1.165) is 11.1 Å². The van der Waals surface area contributed by atoms with Crippen molar-refractivity contribution in [1.29, 1.82) is 10.5 Å². The number of hydrogen-bond acceptors (Lipinski definition) is 2. The Hall–Kier alpha value is -2.00. The second kappa shape index (κ2) is 6.44. The minimum atomic E-state index is -0.347. The maximum Gasteiger partial charge on any atom is 0.0991 e. The summed E-state index contributed by atoms with van der Waals surface area (Å²) in [5.74, 6) is -0.347. The molecule has 20 heavy (non-hydrogen) atoms. The third-order valence-corrected chi connectivity index (χ3v) is 3.78. The zero-order chi connectivity index (χ0) is 14.5. The molecule has 0 aromatic heterocycles. The second-order valence-electron chi connectivity index (χ2n) is 4.32. The van der Waals surface area contributed by atoms with Gasteiger partial charge in [-0.2, -0.15) is 10.5 Å². The summed E-state index contributed by atoms with van der Waals surface area (Å²) < 4.78 is 0. The molecule has 0 heterocycles. The normalized spacial score (nSPS) is 11.4. The smallest absolute Gasteiger partial charge is 0.0991 e. The SMILES string of the molecule is N#Cc1ccc(C(C#N)Cc2c(Cl)cccc2Cl)cc1. The zero-order valence-corrected chi connectivity index (χ0v) is 12.0. The number of benzene rings is 2. The lowest BCUT2D eigenvalue weighted by atomic mass is 9.92. The van der Waals surface area contributed by atoms with Crippen molar-refractivity contribution in [3.05, 3.63) is 69.2 Å². The van der Waals surface area contributed by atoms with Gasteiger partial charge in [0.15, 0.2) is 0 Å². The van der Waals surface area contributed by atoms with Crippen LogP contribution in [-0.2, 0) is 6.42 Å². The van der Waals surface area contributed by atoms with E-state index in [4.69, 9.17) is 28.5 Å². The van der Waals surface area contributed by atoms with Gasteiger partial charge in [0.1, 0.15) is 0 Å². The highest BCUT2D eigenvalue weighted by molar-refractivity contribution is 6.36. The Morgan fingerprint density at radius 3 is 2.05 bits per heavy atom. The van der Waals surface area contributed by atoms with Crippen LogP contribution in [0.1, 0.15) is 22.6 Å². The van der Waals surface area contributed by atoms with Gasteiger partial charge in [-0.05, 0) is 41.8 Å². The molecule has 2 aromatic rings. The van der Waals surface area contributed by atoms with Gasteiger partial charge in [0, 0.05) is 10.0 Å². The molecular formula is C16H10Cl2N2. The average Bonchev–Trinajstić information content (AvgIpc) is 2.47. The highest BCUT2D eigenvalue weighted by Gasteiger charge is 2.15. The summed E-state index contributed by atoms with van der Waals surface area (Å²) in [6.07, 6.45) is 0.445. The van der Waals surface area contributed by atoms with Crippen LogP contribution in [0.3, 0.4) is 0 Å². The standard InChI is InChI=1S/C16H10Cl2N2/c17-15-2-1-3-16(18)14(15)8-13(10-20)12-6-4-11(9-19)5-7-12/h1-7,13H,8H2. The number of nitrogens with zero attached hydrogens (tertiary/aromatic N) is 2. The molecule has 1 unspecified atom stereocenters. The lowest BCUT2D eigenvalue weighted by Gasteiger charge is -2.12. The van der Waals surface area contributed by atoms with Crippen molar-refractivity contribution < 1.29 is 0 Å². The first-order chi connectivity index (χ1) is 9.65. The zero-order valence-electron chi connectivity index (χ0n) is 10.5. The number of hydrogen-bond donors (Lipinski definition) is 0. The van der Waals surface area contributed by atoms with Gasteiger partial charge in [0.05, 0.1) is 23.6 Å². The van der Waals surface area contributed by atoms with Gasteiger partial charge in [-0.15, -0.1) is 0 Å². The second-order valence-corrected chi connectivity index (χ2v) is 5.13. The van der Waals surface area contributed by atoms with Gasteiger partial charge in [-0.3, -0.25) is 0 Å². The Balaban J connectivity index is 2.30. The first-order valence-electron chi connectivity index (χ1n) is 5.98. The van der Waals surface area contributed by atoms with Crippen LogP contribution in [0.4, 0.5) is 0 Å². The summed E-state index contributed by atoms with van der Waals surface area (Å²) in [5, 5.41) is 19.3. The van der Waals surface area contributed by atoms with Crippen molar-refractivity contribution in [2.75, 3.05) is 0 Å². The van der Waals surface area contributed by atoms with Gasteiger partial charge in [0.2, 0.25) is 0 Å². The number of nitriles is 2. The summed E-state index contributed by atoms with van der Waals surface area (Å²) in [7, 11) is 0. The van der Waals surface area contributed by atoms with Crippen molar-refractivity contribution in [1.82, 2.24) is 0 Å². The van der Waals surface area contributed by atoms with E-state index in [1.807, 2.05) is 0 Å². The molecule has 0 amide bonds. The quantitative estimate of drug-likeness (QED) is 0.824. The van der Waals surface area contributed by atoms with E-state index in [0.29, 0.717) is 22.0 Å². The van der Waals surface area contributed by atoms with Crippen molar-refractivity contribution in [2.45, 2.75) is 12.3 Å². The van der Waals surface area contributed by atoms with Crippen molar-refractivity contribution in [3.63, 3.8) is 0 Å². The van der Waals surface area contributed by atoms with Crippen LogP contribution < -0.4 is 0 Å². The first-order valence-corrected chi connectivity index (χ1v) is 6.74. The highest BCUT2D eigenvalue weighted by Crippen LogP contribution is 2.30. The van der Waals surface area contributed by atoms with Crippen molar-refractivity contribution >= 4 is 23.2 Å². The Bertz CT molecular complexity index is 674. The van der Waals surface area contributed by atoms with E-state index >= 15 is 0 Å². The third kappa shape index (κ3) is 3.11. The minimum absolute atomic E-state index is 0.347. The lowest BCUT2D eigenvalue weighted by Crippen LogP contribution is -2.02. The van der Waals surface area contributed by atoms with E-state index < -0.39 is 0 Å². The summed E-state index contributed by atoms with van der Waals surface area (Å²) in [6, 6.07) is 16.6. The van der Waals surface area contributed by atoms with Crippen LogP contribution >= 0.6 is 23.2 Å². The van der Waals surface area contributed by atoms with Crippen molar-refractivity contribution in [3.8, 4) is 12.1 Å². The topological polar surface area (TPSA) is 47.6 Å². The summed E-state index contributed by atoms with van der Waals surface area (Å²) in [4.78, 5) is 0. The average molecular weight is 301 g/mol. The van der Waals surface area contributed by atoms with Crippen LogP contribution in [0.25, 0.3) is 0 Å². The molecule has 2 aromatic carbocycles. The van der Waals surface area contributed by atoms with E-state index in [2.05, 4.69) is 12.1 Å². The Morgan fingerprint density at radius 2 is 1.55 bits per heavy atom. The van der Waals surface area contributed by atoms with Crippen LogP contribution in [0, 0.1) is 22.7 Å². The number of halogens is 2. The van der Waals surface area contributed by atoms with E-state index in [-0.39, 0.29) is 5.92 Å². The summed E-state index contributed by atoms with van der Waals surface area (Å²) >= 11 is 12.3. The van der Waals surface area contributed by atoms with Crippen molar-refractivity contribution in [2.24, 2.45) is 0 Å². The molecule has 0 fully saturated rings. The van der Waals surface area contributed by atoms with Gasteiger partial charge in [-0.1, -0.05) is 41.4 Å². The van der Waals surface area contributed by atoms with E-state index in [1.54, 1.807) is 42.5 Å². The monoisotopic (exact) mass is 300 g/mol. The maximum absolute atomic E-state index is 9.35. The van der Waals surface area contributed by atoms with Crippen LogP contribution in [0.2, 0.25) is 10.0 Å². The molecule has 0 radical (unpaired) electrons. The molecular weight excluding hydrogens is 291 g/mol. The Kier molecular flexibility index (Phi) is 4.64. The fourth-order valence-corrected chi connectivity index (χ4v) is 2.51. The fourth-order valence-electron chi connectivity index (χ4n) is 1.96. The first kappa shape index (κ1) is 14.4.